The number of nitro benzene ring substituents is 1. The van der Waals surface area contributed by atoms with Crippen LogP contribution in [0.5, 0.6) is 5.75 Å². The van der Waals surface area contributed by atoms with Crippen molar-refractivity contribution in [1.29, 1.82) is 0 Å². The minimum Gasteiger partial charge on any atom is -0.404 e. The van der Waals surface area contributed by atoms with Gasteiger partial charge in [-0.2, -0.15) is 0 Å². The van der Waals surface area contributed by atoms with Crippen molar-refractivity contribution in [1.82, 2.24) is 0 Å². The maximum atomic E-state index is 12.0. The van der Waals surface area contributed by atoms with Gasteiger partial charge in [0.2, 0.25) is 0 Å². The molecule has 0 atom stereocenters. The summed E-state index contributed by atoms with van der Waals surface area (Å²) >= 11 is 4.36. The summed E-state index contributed by atoms with van der Waals surface area (Å²) in [6, 6.07) is 2.18. The molecule has 0 aliphatic carbocycles. The fourth-order valence-corrected chi connectivity index (χ4v) is 1.91. The molecule has 4 nitrogen and oxygen atoms in total. The highest BCUT2D eigenvalue weighted by atomic mass is 127. The molecule has 0 fully saturated rings. The zero-order valence-electron chi connectivity index (χ0n) is 7.22. The number of hydrogen-bond acceptors (Lipinski definition) is 3. The number of nitro groups is 1. The summed E-state index contributed by atoms with van der Waals surface area (Å²) in [6.07, 6.45) is -4.89. The molecule has 0 saturated heterocycles. The summed E-state index contributed by atoms with van der Waals surface area (Å²) < 4.78 is 39.5. The van der Waals surface area contributed by atoms with Gasteiger partial charge >= 0.3 is 6.36 Å². The zero-order valence-corrected chi connectivity index (χ0v) is 11.0. The smallest absolute Gasteiger partial charge is 0.404 e. The Morgan fingerprint density at radius 1 is 1.44 bits per heavy atom. The molecule has 0 bridgehead atoms. The van der Waals surface area contributed by atoms with Crippen LogP contribution in [-0.4, -0.2) is 11.3 Å². The van der Waals surface area contributed by atoms with Crippen LogP contribution in [0.2, 0.25) is 0 Å². The van der Waals surface area contributed by atoms with Gasteiger partial charge in [-0.1, -0.05) is 0 Å². The molecular weight excluding hydrogens is 410 g/mol. The molecule has 0 aromatic heterocycles. The van der Waals surface area contributed by atoms with Crippen LogP contribution in [-0.2, 0) is 0 Å². The first kappa shape index (κ1) is 13.5. The first-order valence-electron chi connectivity index (χ1n) is 3.60. The highest BCUT2D eigenvalue weighted by molar-refractivity contribution is 14.1. The highest BCUT2D eigenvalue weighted by Gasteiger charge is 2.33. The zero-order chi connectivity index (χ0) is 12.5. The molecule has 0 unspecified atom stereocenters. The van der Waals surface area contributed by atoms with E-state index >= 15 is 0 Å². The maximum absolute atomic E-state index is 12.0. The van der Waals surface area contributed by atoms with Crippen LogP contribution >= 0.6 is 38.5 Å². The van der Waals surface area contributed by atoms with E-state index in [-0.39, 0.29) is 8.04 Å². The molecule has 16 heavy (non-hydrogen) atoms. The molecule has 0 radical (unpaired) electrons. The maximum Gasteiger partial charge on any atom is 0.573 e. The number of rotatable bonds is 2. The Labute approximate surface area is 109 Å². The van der Waals surface area contributed by atoms with Crippen LogP contribution in [0.4, 0.5) is 18.9 Å². The summed E-state index contributed by atoms with van der Waals surface area (Å²) in [6.45, 7) is 0. The van der Waals surface area contributed by atoms with Crippen molar-refractivity contribution < 1.29 is 22.8 Å². The lowest BCUT2D eigenvalue weighted by molar-refractivity contribution is -0.386. The minimum atomic E-state index is -4.89. The van der Waals surface area contributed by atoms with Crippen LogP contribution < -0.4 is 4.74 Å². The summed E-state index contributed by atoms with van der Waals surface area (Å²) in [7, 11) is 0. The minimum absolute atomic E-state index is 0.270. The fourth-order valence-electron chi connectivity index (χ4n) is 0.882. The van der Waals surface area contributed by atoms with Crippen molar-refractivity contribution in [3.63, 3.8) is 0 Å². The van der Waals surface area contributed by atoms with Crippen LogP contribution in [0.15, 0.2) is 16.6 Å². The van der Waals surface area contributed by atoms with E-state index in [4.69, 9.17) is 0 Å². The summed E-state index contributed by atoms with van der Waals surface area (Å²) in [5.41, 5.74) is -0.480. The van der Waals surface area contributed by atoms with Gasteiger partial charge in [0, 0.05) is 9.64 Å². The molecule has 0 aliphatic heterocycles. The van der Waals surface area contributed by atoms with Crippen molar-refractivity contribution in [2.45, 2.75) is 6.36 Å². The van der Waals surface area contributed by atoms with Gasteiger partial charge in [0.15, 0.2) is 5.75 Å². The van der Waals surface area contributed by atoms with Gasteiger partial charge in [-0.25, -0.2) is 0 Å². The Hall–Kier alpha value is -0.580. The van der Waals surface area contributed by atoms with E-state index in [0.717, 1.165) is 12.1 Å². The largest absolute Gasteiger partial charge is 0.573 e. The first-order valence-corrected chi connectivity index (χ1v) is 5.47. The number of nitrogens with zero attached hydrogens (tertiary/aromatic N) is 1. The van der Waals surface area contributed by atoms with E-state index in [2.05, 4.69) is 20.7 Å². The molecular formula is C7H2BrF3INO3. The second-order valence-electron chi connectivity index (χ2n) is 2.54. The highest BCUT2D eigenvalue weighted by Crippen LogP contribution is 2.38. The van der Waals surface area contributed by atoms with Gasteiger partial charge in [-0.05, 0) is 44.6 Å². The number of ether oxygens (including phenoxy) is 1. The Morgan fingerprint density at radius 3 is 2.44 bits per heavy atom. The van der Waals surface area contributed by atoms with Crippen molar-refractivity contribution in [3.05, 3.63) is 30.3 Å². The van der Waals surface area contributed by atoms with Gasteiger partial charge in [-0.15, -0.1) is 13.2 Å². The number of halogens is 5. The number of alkyl halides is 3. The topological polar surface area (TPSA) is 52.4 Å². The molecule has 0 saturated carbocycles. The normalized spacial score (nSPS) is 11.3. The fraction of sp³-hybridized carbons (Fsp3) is 0.143. The first-order chi connectivity index (χ1) is 7.20. The van der Waals surface area contributed by atoms with Crippen molar-refractivity contribution >= 4 is 44.2 Å². The average Bonchev–Trinajstić information content (AvgIpc) is 2.07. The number of benzene rings is 1. The van der Waals surface area contributed by atoms with E-state index < -0.39 is 22.7 Å². The lowest BCUT2D eigenvalue weighted by Crippen LogP contribution is -2.17. The predicted octanol–water partition coefficient (Wildman–Crippen LogP) is 3.86. The molecule has 0 amide bonds. The lowest BCUT2D eigenvalue weighted by atomic mass is 10.3. The van der Waals surface area contributed by atoms with Gasteiger partial charge in [0.25, 0.3) is 5.69 Å². The Kier molecular flexibility index (Phi) is 3.99. The molecule has 0 N–H and O–H groups in total. The van der Waals surface area contributed by atoms with Crippen LogP contribution in [0.1, 0.15) is 0 Å². The third kappa shape index (κ3) is 3.47. The molecule has 9 heteroatoms. The van der Waals surface area contributed by atoms with Gasteiger partial charge in [0.05, 0.1) is 4.92 Å². The van der Waals surface area contributed by atoms with Crippen molar-refractivity contribution in [2.75, 3.05) is 0 Å². The monoisotopic (exact) mass is 411 g/mol. The van der Waals surface area contributed by atoms with E-state index in [9.17, 15) is 23.3 Å². The molecule has 1 rings (SSSR count). The van der Waals surface area contributed by atoms with Crippen LogP contribution in [0.25, 0.3) is 0 Å². The van der Waals surface area contributed by atoms with Gasteiger partial charge < -0.3 is 4.74 Å². The van der Waals surface area contributed by atoms with E-state index in [1.165, 1.54) is 0 Å². The summed E-state index contributed by atoms with van der Waals surface area (Å²) in [5, 5.41) is 10.5. The molecule has 0 heterocycles. The molecule has 1 aromatic carbocycles. The molecule has 0 aliphatic rings. The Morgan fingerprint density at radius 2 is 2.00 bits per heavy atom. The number of hydrogen-bond donors (Lipinski definition) is 0. The van der Waals surface area contributed by atoms with E-state index in [1.54, 1.807) is 22.6 Å². The third-order valence-electron chi connectivity index (χ3n) is 1.41. The van der Waals surface area contributed by atoms with Crippen molar-refractivity contribution in [3.8, 4) is 5.75 Å². The second kappa shape index (κ2) is 4.73. The van der Waals surface area contributed by atoms with Gasteiger partial charge in [-0.3, -0.25) is 10.1 Å². The molecule has 1 aromatic rings. The van der Waals surface area contributed by atoms with E-state index in [1.807, 2.05) is 0 Å². The Balaban J connectivity index is 3.25. The van der Waals surface area contributed by atoms with Gasteiger partial charge in [0.1, 0.15) is 4.47 Å². The lowest BCUT2D eigenvalue weighted by Gasteiger charge is -2.10. The van der Waals surface area contributed by atoms with Crippen molar-refractivity contribution in [2.24, 2.45) is 0 Å². The molecule has 88 valence electrons. The summed E-state index contributed by atoms with van der Waals surface area (Å²) in [4.78, 5) is 9.73. The second-order valence-corrected chi connectivity index (χ2v) is 4.58. The molecule has 0 spiro atoms. The Bertz CT molecular complexity index is 438. The van der Waals surface area contributed by atoms with E-state index in [0.29, 0.717) is 0 Å². The average molecular weight is 412 g/mol. The van der Waals surface area contributed by atoms with Crippen LogP contribution in [0, 0.1) is 13.7 Å². The quantitative estimate of drug-likeness (QED) is 0.422. The van der Waals surface area contributed by atoms with Crippen LogP contribution in [0.3, 0.4) is 0 Å². The standard InChI is InChI=1S/C7H2BrF3INO3/c8-6-4(13(14)15)1-3(12)2-5(6)16-7(9,10)11/h1-2H. The summed E-state index contributed by atoms with van der Waals surface area (Å²) in [5.74, 6) is -0.633. The SMILES string of the molecule is O=[N+]([O-])c1cc(I)cc(OC(F)(F)F)c1Br. The third-order valence-corrected chi connectivity index (χ3v) is 2.83. The predicted molar refractivity (Wildman–Crippen MR) is 60.2 cm³/mol.